The van der Waals surface area contributed by atoms with Gasteiger partial charge in [0, 0.05) is 13.1 Å². The molecule has 1 aromatic rings. The Bertz CT molecular complexity index is 487. The summed E-state index contributed by atoms with van der Waals surface area (Å²) in [5.41, 5.74) is 2.16. The first-order chi connectivity index (χ1) is 9.69. The third-order valence-corrected chi connectivity index (χ3v) is 3.20. The quantitative estimate of drug-likeness (QED) is 0.640. The van der Waals surface area contributed by atoms with Crippen LogP contribution in [0, 0.1) is 13.3 Å². The Labute approximate surface area is 139 Å². The van der Waals surface area contributed by atoms with Gasteiger partial charge in [-0.25, -0.2) is 0 Å². The number of hydrogen-bond donors (Lipinski definition) is 0. The van der Waals surface area contributed by atoms with Crippen LogP contribution in [-0.4, -0.2) is 38.7 Å². The second-order valence-corrected chi connectivity index (χ2v) is 5.12. The Hall–Kier alpha value is -1.53. The first-order valence-electron chi connectivity index (χ1n) is 6.66. The Kier molecular flexibility index (Phi) is 5.25. The predicted octanol–water partition coefficient (Wildman–Crippen LogP) is 1.75. The van der Waals surface area contributed by atoms with Crippen molar-refractivity contribution < 1.29 is 19.8 Å². The molecule has 3 heterocycles. The van der Waals surface area contributed by atoms with Gasteiger partial charge in [0.05, 0.1) is 11.4 Å². The smallest absolute Gasteiger partial charge is 0.511 e. The second kappa shape index (κ2) is 6.95. The molecule has 21 heavy (non-hydrogen) atoms. The van der Waals surface area contributed by atoms with Crippen molar-refractivity contribution in [3.63, 3.8) is 0 Å². The fourth-order valence-corrected chi connectivity index (χ4v) is 2.27. The van der Waals surface area contributed by atoms with Gasteiger partial charge in [0.1, 0.15) is 0 Å². The van der Waals surface area contributed by atoms with E-state index < -0.39 is 0 Å². The summed E-state index contributed by atoms with van der Waals surface area (Å²) in [5, 5.41) is 0. The third-order valence-electron chi connectivity index (χ3n) is 3.20. The van der Waals surface area contributed by atoms with Gasteiger partial charge in [0.2, 0.25) is 0 Å². The van der Waals surface area contributed by atoms with E-state index in [4.69, 9.17) is 4.98 Å². The van der Waals surface area contributed by atoms with Crippen LogP contribution in [0.4, 0.5) is 0 Å². The van der Waals surface area contributed by atoms with Gasteiger partial charge in [0.25, 0.3) is 0 Å². The molecule has 0 saturated carbocycles. The monoisotopic (exact) mass is 461 g/mol. The summed E-state index contributed by atoms with van der Waals surface area (Å²) in [6.45, 7) is 5.71. The number of rotatable bonds is 4. The molecule has 0 bridgehead atoms. The molecule has 0 N–H and O–H groups in total. The van der Waals surface area contributed by atoms with Crippen LogP contribution in [0.15, 0.2) is 43.0 Å². The number of hydrogen-bond acceptors (Lipinski definition) is 5. The maximum atomic E-state index is 4.72. The molecule has 0 amide bonds. The van der Waals surface area contributed by atoms with E-state index in [9.17, 15) is 0 Å². The largest absolute Gasteiger partial charge is 2.00 e. The van der Waals surface area contributed by atoms with Gasteiger partial charge in [0.15, 0.2) is 0 Å². The SMILES string of the molecule is CN1C=CN(Cc2cccc(CN3C=CN(C)[CH-]3)n2)[CH-]1.[Os+2]. The summed E-state index contributed by atoms with van der Waals surface area (Å²) in [6.07, 6.45) is 8.17. The number of nitrogens with zero attached hydrogens (tertiary/aromatic N) is 5. The Morgan fingerprint density at radius 3 is 1.71 bits per heavy atom. The maximum Gasteiger partial charge on any atom is 2.00 e. The minimum absolute atomic E-state index is 0. The standard InChI is InChI=1S/C15H19N5.Os/c1-17-6-8-19(12-17)10-14-4-3-5-15(16-14)11-20-9-7-18(2)13-20;/h3-9,12-13H,10-11H2,1-2H3;/q-2;+2. The molecule has 112 valence electrons. The molecule has 2 aliphatic rings. The van der Waals surface area contributed by atoms with Crippen molar-refractivity contribution >= 4 is 0 Å². The molecule has 2 aliphatic heterocycles. The zero-order chi connectivity index (χ0) is 13.9. The molecular weight excluding hydrogens is 440 g/mol. The molecule has 0 saturated heterocycles. The van der Waals surface area contributed by atoms with Gasteiger partial charge in [-0.3, -0.25) is 4.98 Å². The van der Waals surface area contributed by atoms with Crippen molar-refractivity contribution in [2.45, 2.75) is 13.1 Å². The number of pyridine rings is 1. The predicted molar refractivity (Wildman–Crippen MR) is 77.7 cm³/mol. The molecule has 1 aromatic heterocycles. The molecule has 0 unspecified atom stereocenters. The summed E-state index contributed by atoms with van der Waals surface area (Å²) in [4.78, 5) is 13.0. The second-order valence-electron chi connectivity index (χ2n) is 5.12. The van der Waals surface area contributed by atoms with Crippen molar-refractivity contribution in [2.75, 3.05) is 14.1 Å². The normalized spacial score (nSPS) is 16.9. The van der Waals surface area contributed by atoms with Gasteiger partial charge in [-0.15, -0.1) is 0 Å². The van der Waals surface area contributed by atoms with Crippen LogP contribution in [0.25, 0.3) is 0 Å². The molecule has 3 rings (SSSR count). The van der Waals surface area contributed by atoms with Crippen LogP contribution in [0.5, 0.6) is 0 Å². The van der Waals surface area contributed by atoms with E-state index in [1.54, 1.807) is 0 Å². The van der Waals surface area contributed by atoms with Crippen molar-refractivity contribution in [2.24, 2.45) is 0 Å². The van der Waals surface area contributed by atoms with Gasteiger partial charge < -0.3 is 19.6 Å². The van der Waals surface area contributed by atoms with Gasteiger partial charge in [-0.2, -0.15) is 13.3 Å². The zero-order valence-corrected chi connectivity index (χ0v) is 14.7. The topological polar surface area (TPSA) is 25.9 Å². The molecule has 0 fully saturated rings. The molecule has 5 nitrogen and oxygen atoms in total. The van der Waals surface area contributed by atoms with E-state index in [1.165, 1.54) is 0 Å². The van der Waals surface area contributed by atoms with Crippen LogP contribution >= 0.6 is 0 Å². The Morgan fingerprint density at radius 1 is 0.857 bits per heavy atom. The first-order valence-corrected chi connectivity index (χ1v) is 6.66. The van der Waals surface area contributed by atoms with Crippen molar-refractivity contribution in [3.05, 3.63) is 67.7 Å². The minimum atomic E-state index is 0. The molecule has 0 atom stereocenters. The zero-order valence-electron chi connectivity index (χ0n) is 12.2. The summed E-state index contributed by atoms with van der Waals surface area (Å²) in [7, 11) is 4.04. The molecule has 0 aromatic carbocycles. The fraction of sp³-hybridized carbons (Fsp3) is 0.267. The first kappa shape index (κ1) is 15.8. The van der Waals surface area contributed by atoms with Gasteiger partial charge in [-0.05, 0) is 51.0 Å². The number of aromatic nitrogens is 1. The van der Waals surface area contributed by atoms with Crippen LogP contribution in [0.1, 0.15) is 11.4 Å². The van der Waals surface area contributed by atoms with E-state index in [0.29, 0.717) is 0 Å². The van der Waals surface area contributed by atoms with Gasteiger partial charge in [-0.1, -0.05) is 6.07 Å². The van der Waals surface area contributed by atoms with Gasteiger partial charge >= 0.3 is 19.8 Å². The third kappa shape index (κ3) is 4.21. The summed E-state index contributed by atoms with van der Waals surface area (Å²) < 4.78 is 0. The average molecular weight is 460 g/mol. The molecule has 6 heteroatoms. The van der Waals surface area contributed by atoms with E-state index in [-0.39, 0.29) is 19.8 Å². The van der Waals surface area contributed by atoms with Crippen molar-refractivity contribution in [1.29, 1.82) is 0 Å². The van der Waals surface area contributed by atoms with E-state index in [2.05, 4.69) is 53.7 Å². The van der Waals surface area contributed by atoms with E-state index in [1.807, 2.05) is 36.3 Å². The summed E-state index contributed by atoms with van der Waals surface area (Å²) in [6, 6.07) is 6.21. The molecule has 0 radical (unpaired) electrons. The Balaban J connectivity index is 0.00000161. The molecule has 0 spiro atoms. The minimum Gasteiger partial charge on any atom is -0.511 e. The molecule has 0 aliphatic carbocycles. The van der Waals surface area contributed by atoms with Crippen LogP contribution in [-0.2, 0) is 32.9 Å². The Morgan fingerprint density at radius 2 is 1.33 bits per heavy atom. The average Bonchev–Trinajstić information content (AvgIpc) is 2.99. The van der Waals surface area contributed by atoms with Crippen LogP contribution < -0.4 is 0 Å². The summed E-state index contributed by atoms with van der Waals surface area (Å²) >= 11 is 0. The molecular formula is C15H19N5Os. The van der Waals surface area contributed by atoms with Crippen LogP contribution in [0.2, 0.25) is 0 Å². The van der Waals surface area contributed by atoms with E-state index in [0.717, 1.165) is 24.5 Å². The van der Waals surface area contributed by atoms with E-state index >= 15 is 0 Å². The van der Waals surface area contributed by atoms with Crippen LogP contribution in [0.3, 0.4) is 0 Å². The van der Waals surface area contributed by atoms with Crippen molar-refractivity contribution in [3.8, 4) is 0 Å². The summed E-state index contributed by atoms with van der Waals surface area (Å²) in [5.74, 6) is 0. The van der Waals surface area contributed by atoms with Crippen molar-refractivity contribution in [1.82, 2.24) is 24.6 Å². The maximum absolute atomic E-state index is 4.72. The fourth-order valence-electron chi connectivity index (χ4n) is 2.27.